The van der Waals surface area contributed by atoms with Crippen molar-refractivity contribution in [1.82, 2.24) is 0 Å². The molecular formula is C15H13BrClIO3. The Morgan fingerprint density at radius 2 is 1.86 bits per heavy atom. The fourth-order valence-electron chi connectivity index (χ4n) is 2.03. The van der Waals surface area contributed by atoms with Gasteiger partial charge in [-0.05, 0) is 74.4 Å². The van der Waals surface area contributed by atoms with E-state index < -0.39 is 6.10 Å². The molecule has 0 aliphatic rings. The summed E-state index contributed by atoms with van der Waals surface area (Å²) in [7, 11) is 3.13. The first-order valence-corrected chi connectivity index (χ1v) is 8.28. The number of aliphatic hydroxyl groups excluding tert-OH is 1. The summed E-state index contributed by atoms with van der Waals surface area (Å²) in [6.07, 6.45) is -0.840. The van der Waals surface area contributed by atoms with Crippen molar-refractivity contribution in [3.05, 3.63) is 54.5 Å². The maximum absolute atomic E-state index is 10.7. The predicted octanol–water partition coefficient (Wildman–Crippen LogP) is 4.81. The lowest BCUT2D eigenvalue weighted by atomic mass is 10.0. The molecule has 6 heteroatoms. The van der Waals surface area contributed by atoms with Gasteiger partial charge in [0.1, 0.15) is 22.1 Å². The standard InChI is InChI=1S/C15H13BrClIO3/c1-20-12-6-4-9(15(21-2)13(12)16)14(19)10-7-8(17)3-5-11(10)18/h3-7,14,19H,1-2H3. The van der Waals surface area contributed by atoms with Crippen LogP contribution in [0.3, 0.4) is 0 Å². The Bertz CT molecular complexity index is 664. The van der Waals surface area contributed by atoms with E-state index in [1.807, 2.05) is 6.07 Å². The maximum atomic E-state index is 10.7. The molecule has 21 heavy (non-hydrogen) atoms. The van der Waals surface area contributed by atoms with Crippen LogP contribution in [-0.2, 0) is 0 Å². The molecular weight excluding hydrogens is 470 g/mol. The summed E-state index contributed by atoms with van der Waals surface area (Å²) in [5.41, 5.74) is 1.38. The third-order valence-electron chi connectivity index (χ3n) is 3.06. The number of hydrogen-bond donors (Lipinski definition) is 1. The smallest absolute Gasteiger partial charge is 0.142 e. The van der Waals surface area contributed by atoms with Gasteiger partial charge in [-0.1, -0.05) is 11.6 Å². The van der Waals surface area contributed by atoms with E-state index >= 15 is 0 Å². The maximum Gasteiger partial charge on any atom is 0.142 e. The van der Waals surface area contributed by atoms with Crippen LogP contribution in [0, 0.1) is 3.57 Å². The summed E-state index contributed by atoms with van der Waals surface area (Å²) in [5, 5.41) is 11.3. The molecule has 0 aliphatic heterocycles. The summed E-state index contributed by atoms with van der Waals surface area (Å²) < 4.78 is 12.2. The van der Waals surface area contributed by atoms with Crippen molar-refractivity contribution in [3.63, 3.8) is 0 Å². The first kappa shape index (κ1) is 16.9. The van der Waals surface area contributed by atoms with Crippen LogP contribution >= 0.6 is 50.1 Å². The minimum absolute atomic E-state index is 0.539. The van der Waals surface area contributed by atoms with Crippen molar-refractivity contribution in [1.29, 1.82) is 0 Å². The zero-order chi connectivity index (χ0) is 15.6. The van der Waals surface area contributed by atoms with E-state index in [9.17, 15) is 5.11 Å². The molecule has 1 N–H and O–H groups in total. The largest absolute Gasteiger partial charge is 0.495 e. The van der Waals surface area contributed by atoms with Gasteiger partial charge in [0.25, 0.3) is 0 Å². The van der Waals surface area contributed by atoms with E-state index in [1.54, 1.807) is 38.5 Å². The van der Waals surface area contributed by atoms with Gasteiger partial charge >= 0.3 is 0 Å². The van der Waals surface area contributed by atoms with Gasteiger partial charge in [-0.2, -0.15) is 0 Å². The summed E-state index contributed by atoms with van der Waals surface area (Å²) >= 11 is 11.6. The fraction of sp³-hybridized carbons (Fsp3) is 0.200. The summed E-state index contributed by atoms with van der Waals surface area (Å²) in [5.74, 6) is 1.18. The van der Waals surface area contributed by atoms with Gasteiger partial charge < -0.3 is 14.6 Å². The number of hydrogen-bond acceptors (Lipinski definition) is 3. The van der Waals surface area contributed by atoms with Crippen molar-refractivity contribution >= 4 is 50.1 Å². The van der Waals surface area contributed by atoms with Crippen molar-refractivity contribution in [3.8, 4) is 11.5 Å². The monoisotopic (exact) mass is 482 g/mol. The van der Waals surface area contributed by atoms with Crippen molar-refractivity contribution in [2.45, 2.75) is 6.10 Å². The first-order chi connectivity index (χ1) is 9.99. The van der Waals surface area contributed by atoms with E-state index in [1.165, 1.54) is 0 Å². The second-order valence-electron chi connectivity index (χ2n) is 4.27. The van der Waals surface area contributed by atoms with Crippen molar-refractivity contribution in [2.24, 2.45) is 0 Å². The molecule has 0 heterocycles. The number of aliphatic hydroxyl groups is 1. The molecule has 0 saturated heterocycles. The Morgan fingerprint density at radius 1 is 1.14 bits per heavy atom. The van der Waals surface area contributed by atoms with Crippen LogP contribution in [0.25, 0.3) is 0 Å². The normalized spacial score (nSPS) is 12.1. The molecule has 0 saturated carbocycles. The molecule has 0 spiro atoms. The van der Waals surface area contributed by atoms with Crippen LogP contribution in [0.15, 0.2) is 34.8 Å². The number of rotatable bonds is 4. The van der Waals surface area contributed by atoms with Crippen LogP contribution in [0.4, 0.5) is 0 Å². The number of benzene rings is 2. The second kappa shape index (κ2) is 7.17. The summed E-state index contributed by atoms with van der Waals surface area (Å²) in [4.78, 5) is 0. The van der Waals surface area contributed by atoms with Crippen LogP contribution in [0.2, 0.25) is 5.02 Å². The van der Waals surface area contributed by atoms with Gasteiger partial charge in [-0.15, -0.1) is 0 Å². The van der Waals surface area contributed by atoms with E-state index in [0.29, 0.717) is 26.6 Å². The molecule has 0 fully saturated rings. The average Bonchev–Trinajstić information content (AvgIpc) is 2.48. The lowest BCUT2D eigenvalue weighted by Gasteiger charge is -2.19. The highest BCUT2D eigenvalue weighted by Crippen LogP contribution is 2.42. The highest BCUT2D eigenvalue weighted by Gasteiger charge is 2.21. The number of halogens is 3. The molecule has 0 aromatic heterocycles. The van der Waals surface area contributed by atoms with E-state index in [4.69, 9.17) is 21.1 Å². The van der Waals surface area contributed by atoms with Gasteiger partial charge in [0, 0.05) is 14.2 Å². The Morgan fingerprint density at radius 3 is 2.48 bits per heavy atom. The first-order valence-electron chi connectivity index (χ1n) is 6.03. The van der Waals surface area contributed by atoms with Crippen LogP contribution in [-0.4, -0.2) is 19.3 Å². The zero-order valence-corrected chi connectivity index (χ0v) is 15.9. The molecule has 0 amide bonds. The summed E-state index contributed by atoms with van der Waals surface area (Å²) in [6.45, 7) is 0. The van der Waals surface area contributed by atoms with Gasteiger partial charge in [-0.25, -0.2) is 0 Å². The van der Waals surface area contributed by atoms with Crippen molar-refractivity contribution in [2.75, 3.05) is 14.2 Å². The molecule has 0 bridgehead atoms. The molecule has 2 aromatic carbocycles. The van der Waals surface area contributed by atoms with E-state index in [-0.39, 0.29) is 0 Å². The fourth-order valence-corrected chi connectivity index (χ4v) is 3.52. The Balaban J connectivity index is 2.55. The van der Waals surface area contributed by atoms with Crippen LogP contribution in [0.1, 0.15) is 17.2 Å². The van der Waals surface area contributed by atoms with Gasteiger partial charge in [0.2, 0.25) is 0 Å². The van der Waals surface area contributed by atoms with Gasteiger partial charge in [0.05, 0.1) is 14.2 Å². The zero-order valence-electron chi connectivity index (χ0n) is 11.4. The Hall–Kier alpha value is -0.500. The quantitative estimate of drug-likeness (QED) is 0.635. The molecule has 0 aliphatic carbocycles. The third-order valence-corrected chi connectivity index (χ3v) is 5.03. The number of methoxy groups -OCH3 is 2. The Kier molecular flexibility index (Phi) is 5.76. The van der Waals surface area contributed by atoms with E-state index in [0.717, 1.165) is 9.13 Å². The van der Waals surface area contributed by atoms with Gasteiger partial charge in [0.15, 0.2) is 0 Å². The molecule has 3 nitrogen and oxygen atoms in total. The molecule has 112 valence electrons. The second-order valence-corrected chi connectivity index (χ2v) is 6.66. The predicted molar refractivity (Wildman–Crippen MR) is 95.5 cm³/mol. The van der Waals surface area contributed by atoms with Crippen molar-refractivity contribution < 1.29 is 14.6 Å². The minimum Gasteiger partial charge on any atom is -0.495 e. The molecule has 2 rings (SSSR count). The topological polar surface area (TPSA) is 38.7 Å². The number of ether oxygens (including phenoxy) is 2. The highest BCUT2D eigenvalue weighted by molar-refractivity contribution is 14.1. The Labute approximate surface area is 150 Å². The lowest BCUT2D eigenvalue weighted by Crippen LogP contribution is -2.05. The third kappa shape index (κ3) is 3.47. The molecule has 1 atom stereocenters. The van der Waals surface area contributed by atoms with Crippen LogP contribution < -0.4 is 9.47 Å². The minimum atomic E-state index is -0.840. The lowest BCUT2D eigenvalue weighted by molar-refractivity contribution is 0.213. The SMILES string of the molecule is COc1ccc(C(O)c2cc(Cl)ccc2I)c(OC)c1Br. The molecule has 2 aromatic rings. The van der Waals surface area contributed by atoms with Crippen LogP contribution in [0.5, 0.6) is 11.5 Å². The van der Waals surface area contributed by atoms with E-state index in [2.05, 4.69) is 38.5 Å². The molecule has 1 unspecified atom stereocenters. The summed E-state index contributed by atoms with van der Waals surface area (Å²) in [6, 6.07) is 8.98. The van der Waals surface area contributed by atoms with Gasteiger partial charge in [-0.3, -0.25) is 0 Å². The highest BCUT2D eigenvalue weighted by atomic mass is 127. The average molecular weight is 484 g/mol. The molecule has 0 radical (unpaired) electrons.